The summed E-state index contributed by atoms with van der Waals surface area (Å²) >= 11 is 0. The number of hydrogen-bond donors (Lipinski definition) is 3. The van der Waals surface area contributed by atoms with Crippen LogP contribution in [0.25, 0.3) is 0 Å². The van der Waals surface area contributed by atoms with E-state index in [4.69, 9.17) is 37.0 Å². The third kappa shape index (κ3) is 68.1. The van der Waals surface area contributed by atoms with Gasteiger partial charge in [-0.15, -0.1) is 0 Å². The van der Waals surface area contributed by atoms with Crippen LogP contribution in [0.5, 0.6) is 0 Å². The van der Waals surface area contributed by atoms with Gasteiger partial charge in [0, 0.05) is 25.7 Å². The van der Waals surface area contributed by atoms with E-state index in [-0.39, 0.29) is 25.7 Å². The normalized spacial score (nSPS) is 14.1. The van der Waals surface area contributed by atoms with Crippen LogP contribution in [0.4, 0.5) is 0 Å². The minimum absolute atomic E-state index is 0.0853. The first-order valence-electron chi connectivity index (χ1n) is 38.5. The Morgan fingerprint density at radius 3 is 0.872 bits per heavy atom. The second-order valence-corrected chi connectivity index (χ2v) is 29.7. The Hall–Kier alpha value is -2.46. The lowest BCUT2D eigenvalue weighted by Crippen LogP contribution is -2.30. The number of rotatable bonds is 73. The number of phosphoric acid groups is 2. The molecule has 17 nitrogen and oxygen atoms in total. The van der Waals surface area contributed by atoms with Crippen molar-refractivity contribution in [3.8, 4) is 0 Å². The van der Waals surface area contributed by atoms with Crippen LogP contribution in [-0.2, 0) is 65.4 Å². The maximum atomic E-state index is 13.1. The van der Waals surface area contributed by atoms with Gasteiger partial charge in [-0.05, 0) is 57.3 Å². The highest BCUT2D eigenvalue weighted by Gasteiger charge is 2.30. The highest BCUT2D eigenvalue weighted by atomic mass is 31.2. The SMILES string of the molecule is CCCCCC/C=C\C=C/CCCCCCCC(=O)O[C@H](COC(=O)CCCCCCCCCCCCCC(C)C)COP(=O)(O)OC[C@@H](O)COP(=O)(O)OC[C@@H](COC(=O)CCCCCCCCCCCCC)OC(=O)CCCCCCCCCCCCCCCC. The van der Waals surface area contributed by atoms with Crippen LogP contribution in [-0.4, -0.2) is 96.7 Å². The van der Waals surface area contributed by atoms with Crippen molar-refractivity contribution in [1.29, 1.82) is 0 Å². The lowest BCUT2D eigenvalue weighted by Gasteiger charge is -2.21. The molecule has 0 spiro atoms. The first-order valence-corrected chi connectivity index (χ1v) is 41.4. The van der Waals surface area contributed by atoms with Crippen molar-refractivity contribution < 1.29 is 80.2 Å². The number of aliphatic hydroxyl groups excluding tert-OH is 1. The van der Waals surface area contributed by atoms with E-state index < -0.39 is 97.5 Å². The number of esters is 4. The molecule has 554 valence electrons. The average Bonchev–Trinajstić information content (AvgIpc) is 3.11. The third-order valence-electron chi connectivity index (χ3n) is 16.9. The van der Waals surface area contributed by atoms with Gasteiger partial charge in [-0.2, -0.15) is 0 Å². The number of unbranched alkanes of at least 4 members (excludes halogenated alkanes) is 42. The molecule has 0 fully saturated rings. The van der Waals surface area contributed by atoms with E-state index >= 15 is 0 Å². The average molecular weight is 1380 g/mol. The highest BCUT2D eigenvalue weighted by Crippen LogP contribution is 2.45. The molecule has 0 amide bonds. The van der Waals surface area contributed by atoms with Crippen LogP contribution in [0.2, 0.25) is 0 Å². The first kappa shape index (κ1) is 91.5. The predicted molar refractivity (Wildman–Crippen MR) is 381 cm³/mol. The van der Waals surface area contributed by atoms with Gasteiger partial charge in [-0.25, -0.2) is 9.13 Å². The number of phosphoric ester groups is 2. The van der Waals surface area contributed by atoms with Gasteiger partial charge in [0.25, 0.3) is 0 Å². The largest absolute Gasteiger partial charge is 0.472 e. The van der Waals surface area contributed by atoms with Crippen molar-refractivity contribution >= 4 is 39.5 Å². The van der Waals surface area contributed by atoms with E-state index in [1.54, 1.807) is 0 Å². The first-order chi connectivity index (χ1) is 45.5. The van der Waals surface area contributed by atoms with Gasteiger partial charge in [0.05, 0.1) is 26.4 Å². The summed E-state index contributed by atoms with van der Waals surface area (Å²) in [7, 11) is -9.92. The maximum Gasteiger partial charge on any atom is 0.472 e. The van der Waals surface area contributed by atoms with Gasteiger partial charge in [0.2, 0.25) is 0 Å². The van der Waals surface area contributed by atoms with Gasteiger partial charge in [0.15, 0.2) is 12.2 Å². The summed E-state index contributed by atoms with van der Waals surface area (Å²) < 4.78 is 68.5. The molecule has 0 saturated heterocycles. The van der Waals surface area contributed by atoms with Crippen molar-refractivity contribution in [2.45, 2.75) is 387 Å². The summed E-state index contributed by atoms with van der Waals surface area (Å²) in [5.41, 5.74) is 0. The van der Waals surface area contributed by atoms with Crippen molar-refractivity contribution in [3.05, 3.63) is 24.3 Å². The fourth-order valence-electron chi connectivity index (χ4n) is 11.0. The zero-order valence-corrected chi connectivity index (χ0v) is 62.4. The zero-order valence-electron chi connectivity index (χ0n) is 60.6. The molecule has 0 aliphatic heterocycles. The summed E-state index contributed by atoms with van der Waals surface area (Å²) in [6.07, 6.45) is 58.9. The van der Waals surface area contributed by atoms with Gasteiger partial charge >= 0.3 is 39.5 Å². The number of carbonyl (C=O) groups is 4. The Morgan fingerprint density at radius 2 is 0.574 bits per heavy atom. The van der Waals surface area contributed by atoms with Crippen LogP contribution in [0.3, 0.4) is 0 Å². The Kier molecular flexibility index (Phi) is 65.9. The summed E-state index contributed by atoms with van der Waals surface area (Å²) in [6, 6.07) is 0. The summed E-state index contributed by atoms with van der Waals surface area (Å²) in [4.78, 5) is 72.8. The zero-order chi connectivity index (χ0) is 69.1. The van der Waals surface area contributed by atoms with Crippen molar-refractivity contribution in [1.82, 2.24) is 0 Å². The van der Waals surface area contributed by atoms with E-state index in [9.17, 15) is 43.2 Å². The lowest BCUT2D eigenvalue weighted by atomic mass is 10.0. The van der Waals surface area contributed by atoms with Crippen LogP contribution in [0.15, 0.2) is 24.3 Å². The minimum atomic E-state index is -4.96. The molecule has 94 heavy (non-hydrogen) atoms. The molecule has 0 bridgehead atoms. The second-order valence-electron chi connectivity index (χ2n) is 26.8. The molecule has 0 aromatic heterocycles. The smallest absolute Gasteiger partial charge is 0.462 e. The lowest BCUT2D eigenvalue weighted by molar-refractivity contribution is -0.161. The van der Waals surface area contributed by atoms with Gasteiger partial charge < -0.3 is 33.8 Å². The Labute approximate surface area is 573 Å². The highest BCUT2D eigenvalue weighted by molar-refractivity contribution is 7.47. The molecule has 0 aromatic carbocycles. The molecule has 3 N–H and O–H groups in total. The van der Waals surface area contributed by atoms with Gasteiger partial charge in [-0.3, -0.25) is 37.3 Å². The predicted octanol–water partition coefficient (Wildman–Crippen LogP) is 21.6. The van der Waals surface area contributed by atoms with Crippen LogP contribution in [0.1, 0.15) is 369 Å². The van der Waals surface area contributed by atoms with E-state index in [0.717, 1.165) is 109 Å². The molecule has 0 saturated carbocycles. The Balaban J connectivity index is 5.29. The minimum Gasteiger partial charge on any atom is -0.462 e. The molecular formula is C75H142O17P2. The number of ether oxygens (including phenoxy) is 4. The van der Waals surface area contributed by atoms with Gasteiger partial charge in [-0.1, -0.05) is 316 Å². The van der Waals surface area contributed by atoms with E-state index in [2.05, 4.69) is 58.9 Å². The molecule has 0 heterocycles. The van der Waals surface area contributed by atoms with Crippen LogP contribution in [0, 0.1) is 5.92 Å². The van der Waals surface area contributed by atoms with Crippen molar-refractivity contribution in [2.75, 3.05) is 39.6 Å². The van der Waals surface area contributed by atoms with Crippen LogP contribution < -0.4 is 0 Å². The van der Waals surface area contributed by atoms with Crippen molar-refractivity contribution in [3.63, 3.8) is 0 Å². The molecule has 5 atom stereocenters. The quantitative estimate of drug-likeness (QED) is 0.0169. The van der Waals surface area contributed by atoms with Crippen molar-refractivity contribution in [2.24, 2.45) is 5.92 Å². The summed E-state index contributed by atoms with van der Waals surface area (Å²) in [5.74, 6) is -1.38. The second kappa shape index (κ2) is 67.7. The molecule has 0 aliphatic rings. The molecule has 19 heteroatoms. The van der Waals surface area contributed by atoms with Gasteiger partial charge in [0.1, 0.15) is 19.3 Å². The van der Waals surface area contributed by atoms with E-state index in [1.165, 1.54) is 180 Å². The van der Waals surface area contributed by atoms with E-state index in [1.807, 2.05) is 0 Å². The standard InChI is InChI=1S/C75H142O17P2/c1-6-9-12-15-18-21-24-26-28-30-35-41-46-51-56-61-75(80)92-71(65-86-73(78)59-54-49-44-39-36-31-33-37-42-47-52-57-68(4)5)67-90-94(83,84)88-63-69(76)62-87-93(81,82)89-66-70(64-85-72(77)58-53-48-43-38-32-23-20-17-14-11-8-3)91-74(79)60-55-50-45-40-34-29-27-25-22-19-16-13-10-7-2/h21,24,26,28,68-71,76H,6-20,22-23,25,27,29-67H2,1-5H3,(H,81,82)(H,83,84)/b24-21-,28-26-/t69-,70+,71+/m0/s1. The van der Waals surface area contributed by atoms with Crippen LogP contribution >= 0.6 is 15.6 Å². The molecule has 0 aromatic rings. The summed E-state index contributed by atoms with van der Waals surface area (Å²) in [5, 5.41) is 10.6. The molecule has 0 radical (unpaired) electrons. The molecule has 0 aliphatic carbocycles. The number of hydrogen-bond acceptors (Lipinski definition) is 15. The Bertz CT molecular complexity index is 1900. The number of aliphatic hydroxyl groups is 1. The molecular weight excluding hydrogens is 1230 g/mol. The summed E-state index contributed by atoms with van der Waals surface area (Å²) in [6.45, 7) is 7.22. The monoisotopic (exact) mass is 1380 g/mol. The fraction of sp³-hybridized carbons (Fsp3) is 0.893. The molecule has 0 rings (SSSR count). The fourth-order valence-corrected chi connectivity index (χ4v) is 12.6. The van der Waals surface area contributed by atoms with E-state index in [0.29, 0.717) is 25.7 Å². The number of allylic oxidation sites excluding steroid dienone is 4. The number of carbonyl (C=O) groups excluding carboxylic acids is 4. The Morgan fingerprint density at radius 1 is 0.330 bits per heavy atom. The maximum absolute atomic E-state index is 13.1. The molecule has 2 unspecified atom stereocenters. The third-order valence-corrected chi connectivity index (χ3v) is 18.8. The topological polar surface area (TPSA) is 237 Å².